The van der Waals surface area contributed by atoms with Crippen LogP contribution in [0.15, 0.2) is 24.3 Å². The number of hydrogen-bond donors (Lipinski definition) is 0. The van der Waals surface area contributed by atoms with Crippen molar-refractivity contribution in [3.8, 4) is 0 Å². The Bertz CT molecular complexity index is 766. The van der Waals surface area contributed by atoms with E-state index >= 15 is 0 Å². The minimum Gasteiger partial charge on any atom is -0.469 e. The summed E-state index contributed by atoms with van der Waals surface area (Å²) in [6.07, 6.45) is 2.87. The zero-order valence-electron chi connectivity index (χ0n) is 12.7. The van der Waals surface area contributed by atoms with E-state index in [1.807, 2.05) is 0 Å². The minimum atomic E-state index is -5.73. The second-order valence-corrected chi connectivity index (χ2v) is 6.73. The van der Waals surface area contributed by atoms with Gasteiger partial charge in [0.15, 0.2) is 0 Å². The number of carbonyl (C=O) groups excluding carboxylic acids is 1. The summed E-state index contributed by atoms with van der Waals surface area (Å²) >= 11 is 0. The summed E-state index contributed by atoms with van der Waals surface area (Å²) in [5, 5.41) is 0. The second-order valence-electron chi connectivity index (χ2n) is 5.19. The highest BCUT2D eigenvalue weighted by Gasteiger charge is 2.49. The van der Waals surface area contributed by atoms with Crippen molar-refractivity contribution in [2.24, 2.45) is 0 Å². The smallest absolute Gasteiger partial charge is 0.469 e. The van der Waals surface area contributed by atoms with E-state index in [0.29, 0.717) is 30.4 Å². The van der Waals surface area contributed by atoms with Crippen molar-refractivity contribution in [1.29, 1.82) is 0 Å². The molecule has 0 spiro atoms. The zero-order valence-corrected chi connectivity index (χ0v) is 13.5. The Balaban J connectivity index is 2.35. The van der Waals surface area contributed by atoms with Gasteiger partial charge in [-0.2, -0.15) is 21.6 Å². The van der Waals surface area contributed by atoms with E-state index in [1.165, 1.54) is 25.3 Å². The maximum absolute atomic E-state index is 12.5. The molecule has 0 unspecified atom stereocenters. The van der Waals surface area contributed by atoms with Crippen LogP contribution in [-0.4, -0.2) is 27.0 Å². The monoisotopic (exact) mass is 364 g/mol. The molecule has 1 aliphatic carbocycles. The first-order valence-electron chi connectivity index (χ1n) is 7.04. The number of carbonyl (C=O) groups is 1. The maximum atomic E-state index is 12.5. The highest BCUT2D eigenvalue weighted by Crippen LogP contribution is 2.33. The Hall–Kier alpha value is -2.03. The molecule has 9 heteroatoms. The Labute approximate surface area is 137 Å². The number of ether oxygens (including phenoxy) is 1. The number of hydrogen-bond acceptors (Lipinski definition) is 5. The van der Waals surface area contributed by atoms with Gasteiger partial charge in [0.25, 0.3) is 0 Å². The summed E-state index contributed by atoms with van der Waals surface area (Å²) in [4.78, 5) is 11.3. The molecule has 0 bridgehead atoms. The van der Waals surface area contributed by atoms with Gasteiger partial charge in [0.1, 0.15) is 5.76 Å². The molecule has 0 saturated heterocycles. The molecule has 0 aromatic heterocycles. The van der Waals surface area contributed by atoms with Gasteiger partial charge in [-0.1, -0.05) is 18.2 Å². The van der Waals surface area contributed by atoms with Crippen molar-refractivity contribution >= 4 is 21.8 Å². The summed E-state index contributed by atoms with van der Waals surface area (Å²) in [6.45, 7) is 0. The fourth-order valence-corrected chi connectivity index (χ4v) is 2.81. The van der Waals surface area contributed by atoms with Crippen molar-refractivity contribution in [2.45, 2.75) is 31.2 Å². The van der Waals surface area contributed by atoms with Crippen LogP contribution in [0.2, 0.25) is 0 Å². The number of aryl methyl sites for hydroxylation is 1. The molecule has 24 heavy (non-hydrogen) atoms. The number of rotatable bonds is 4. The van der Waals surface area contributed by atoms with Crippen LogP contribution >= 0.6 is 0 Å². The highest BCUT2D eigenvalue weighted by atomic mass is 32.2. The van der Waals surface area contributed by atoms with Crippen molar-refractivity contribution in [2.75, 3.05) is 7.11 Å². The van der Waals surface area contributed by atoms with Crippen molar-refractivity contribution < 1.29 is 35.3 Å². The molecule has 2 rings (SSSR count). The van der Waals surface area contributed by atoms with E-state index in [0.717, 1.165) is 0 Å². The molecule has 0 amide bonds. The van der Waals surface area contributed by atoms with E-state index < -0.39 is 21.6 Å². The molecule has 0 saturated carbocycles. The van der Waals surface area contributed by atoms with Gasteiger partial charge in [-0.25, -0.2) is 0 Å². The first kappa shape index (κ1) is 18.3. The second kappa shape index (κ2) is 6.84. The molecular weight excluding hydrogens is 349 g/mol. The zero-order chi connectivity index (χ0) is 18.0. The fraction of sp³-hybridized carbons (Fsp3) is 0.400. The van der Waals surface area contributed by atoms with Crippen LogP contribution in [0.25, 0.3) is 5.76 Å². The topological polar surface area (TPSA) is 69.7 Å². The van der Waals surface area contributed by atoms with Crippen LogP contribution in [-0.2, 0) is 36.7 Å². The Morgan fingerprint density at radius 1 is 1.29 bits per heavy atom. The van der Waals surface area contributed by atoms with Gasteiger partial charge in [0, 0.05) is 5.56 Å². The summed E-state index contributed by atoms with van der Waals surface area (Å²) in [5.41, 5.74) is -3.97. The lowest BCUT2D eigenvalue weighted by atomic mass is 9.99. The third kappa shape index (κ3) is 4.08. The van der Waals surface area contributed by atoms with E-state index in [4.69, 9.17) is 0 Å². The van der Waals surface area contributed by atoms with Crippen LogP contribution in [0, 0.1) is 0 Å². The number of allylic oxidation sites excluding steroid dienone is 1. The van der Waals surface area contributed by atoms with Crippen molar-refractivity contribution in [3.63, 3.8) is 0 Å². The summed E-state index contributed by atoms with van der Waals surface area (Å²) in [7, 11) is -4.48. The van der Waals surface area contributed by atoms with Crippen molar-refractivity contribution in [1.82, 2.24) is 0 Å². The maximum Gasteiger partial charge on any atom is 0.534 e. The molecule has 0 heterocycles. The van der Waals surface area contributed by atoms with Gasteiger partial charge >= 0.3 is 21.6 Å². The average molecular weight is 364 g/mol. The Morgan fingerprint density at radius 3 is 2.62 bits per heavy atom. The standard InChI is InChI=1S/C15H15F3O5S/c1-22-14(19)9-10-6-7-12-11(8-10)4-2-3-5-13(12)23-24(20,21)15(16,17)18/h5-8H,2-4,9H2,1H3. The number of fused-ring (bicyclic) bond motifs is 1. The van der Waals surface area contributed by atoms with Gasteiger partial charge < -0.3 is 8.92 Å². The van der Waals surface area contributed by atoms with Gasteiger partial charge in [-0.05, 0) is 36.5 Å². The third-order valence-corrected chi connectivity index (χ3v) is 4.44. The highest BCUT2D eigenvalue weighted by molar-refractivity contribution is 7.87. The Kier molecular flexibility index (Phi) is 5.22. The van der Waals surface area contributed by atoms with Crippen LogP contribution < -0.4 is 0 Å². The van der Waals surface area contributed by atoms with Gasteiger partial charge in [0.05, 0.1) is 13.5 Å². The molecule has 5 nitrogen and oxygen atoms in total. The lowest BCUT2D eigenvalue weighted by Gasteiger charge is -2.15. The fourth-order valence-electron chi connectivity index (χ4n) is 2.32. The molecule has 0 aliphatic heterocycles. The van der Waals surface area contributed by atoms with Gasteiger partial charge in [-0.15, -0.1) is 0 Å². The lowest BCUT2D eigenvalue weighted by Crippen LogP contribution is -2.25. The molecule has 0 fully saturated rings. The molecule has 1 aromatic rings. The minimum absolute atomic E-state index is 0.0184. The molecule has 132 valence electrons. The molecule has 0 atom stereocenters. The quantitative estimate of drug-likeness (QED) is 0.467. The lowest BCUT2D eigenvalue weighted by molar-refractivity contribution is -0.139. The number of methoxy groups -OCH3 is 1. The summed E-state index contributed by atoms with van der Waals surface area (Å²) < 4.78 is 68.9. The van der Waals surface area contributed by atoms with E-state index in [-0.39, 0.29) is 17.7 Å². The van der Waals surface area contributed by atoms with Crippen LogP contribution in [0.3, 0.4) is 0 Å². The van der Waals surface area contributed by atoms with Crippen molar-refractivity contribution in [3.05, 3.63) is 41.0 Å². The van der Waals surface area contributed by atoms with E-state index in [2.05, 4.69) is 8.92 Å². The third-order valence-electron chi connectivity index (χ3n) is 3.47. The normalized spacial score (nSPS) is 15.1. The van der Waals surface area contributed by atoms with Crippen LogP contribution in [0.4, 0.5) is 13.2 Å². The Morgan fingerprint density at radius 2 is 2.00 bits per heavy atom. The molecule has 1 aliphatic rings. The molecule has 0 radical (unpaired) electrons. The predicted octanol–water partition coefficient (Wildman–Crippen LogP) is 2.95. The summed E-state index contributed by atoms with van der Waals surface area (Å²) in [5.74, 6) is -0.792. The molecule has 1 aromatic carbocycles. The first-order chi connectivity index (χ1) is 11.1. The number of esters is 1. The largest absolute Gasteiger partial charge is 0.534 e. The van der Waals surface area contributed by atoms with Gasteiger partial charge in [0.2, 0.25) is 0 Å². The molecular formula is C15H15F3O5S. The van der Waals surface area contributed by atoms with Crippen LogP contribution in [0.5, 0.6) is 0 Å². The summed E-state index contributed by atoms with van der Waals surface area (Å²) in [6, 6.07) is 4.63. The number of benzene rings is 1. The SMILES string of the molecule is COC(=O)Cc1ccc2c(c1)CCCC=C2OS(=O)(=O)C(F)(F)F. The average Bonchev–Trinajstić information content (AvgIpc) is 2.67. The van der Waals surface area contributed by atoms with Crippen LogP contribution in [0.1, 0.15) is 29.5 Å². The number of halogens is 3. The predicted molar refractivity (Wildman–Crippen MR) is 79.1 cm³/mol. The molecule has 0 N–H and O–H groups in total. The first-order valence-corrected chi connectivity index (χ1v) is 8.45. The van der Waals surface area contributed by atoms with E-state index in [1.54, 1.807) is 6.07 Å². The van der Waals surface area contributed by atoms with E-state index in [9.17, 15) is 26.4 Å². The number of alkyl halides is 3. The van der Waals surface area contributed by atoms with Gasteiger partial charge in [-0.3, -0.25) is 4.79 Å².